The number of carboxylic acids is 1. The molecule has 0 amide bonds. The van der Waals surface area contributed by atoms with Crippen LogP contribution < -0.4 is 5.32 Å². The Balaban J connectivity index is 0.000000189. The van der Waals surface area contributed by atoms with Crippen molar-refractivity contribution in [3.8, 4) is 11.3 Å². The molecule has 0 spiro atoms. The molecule has 0 fully saturated rings. The first-order valence-corrected chi connectivity index (χ1v) is 11.4. The maximum absolute atomic E-state index is 13.2. The first kappa shape index (κ1) is 23.8. The molecule has 2 N–H and O–H groups in total. The van der Waals surface area contributed by atoms with E-state index in [2.05, 4.69) is 36.3 Å². The lowest BCUT2D eigenvalue weighted by atomic mass is 10.1. The summed E-state index contributed by atoms with van der Waals surface area (Å²) in [6, 6.07) is 25.5. The highest BCUT2D eigenvalue weighted by atomic mass is 19.1. The number of carboxylic acid groups (broad SMARTS) is 1. The van der Waals surface area contributed by atoms with Gasteiger partial charge < -0.3 is 10.4 Å². The molecule has 6 heteroatoms. The van der Waals surface area contributed by atoms with E-state index in [4.69, 9.17) is 10.1 Å². The second-order valence-corrected chi connectivity index (χ2v) is 8.25. The van der Waals surface area contributed by atoms with E-state index in [1.54, 1.807) is 42.6 Å². The van der Waals surface area contributed by atoms with Crippen LogP contribution in [0.3, 0.4) is 0 Å². The molecule has 2 aromatic heterocycles. The van der Waals surface area contributed by atoms with Gasteiger partial charge in [0.25, 0.3) is 0 Å². The van der Waals surface area contributed by atoms with E-state index in [1.807, 2.05) is 24.3 Å². The van der Waals surface area contributed by atoms with E-state index in [0.717, 1.165) is 45.2 Å². The maximum atomic E-state index is 13.2. The quantitative estimate of drug-likeness (QED) is 0.286. The molecule has 0 saturated heterocycles. The lowest BCUT2D eigenvalue weighted by Gasteiger charge is -2.17. The fraction of sp³-hybridized carbons (Fsp3) is 0.138. The van der Waals surface area contributed by atoms with E-state index in [-0.39, 0.29) is 5.82 Å². The summed E-state index contributed by atoms with van der Waals surface area (Å²) >= 11 is 0. The lowest BCUT2D eigenvalue weighted by molar-refractivity contribution is 0.0697. The summed E-state index contributed by atoms with van der Waals surface area (Å²) in [5, 5.41) is 14.2. The van der Waals surface area contributed by atoms with Gasteiger partial charge in [-0.3, -0.25) is 4.98 Å². The largest absolute Gasteiger partial charge is 0.478 e. The van der Waals surface area contributed by atoms with E-state index in [1.165, 1.54) is 12.1 Å². The zero-order valence-electron chi connectivity index (χ0n) is 19.6. The van der Waals surface area contributed by atoms with Crippen LogP contribution >= 0.6 is 0 Å². The number of aromatic nitrogens is 2. The number of nitrogens with one attached hydrogen (secondary N) is 1. The number of para-hydroxylation sites is 1. The van der Waals surface area contributed by atoms with E-state index in [0.29, 0.717) is 11.6 Å². The third kappa shape index (κ3) is 5.79. The molecule has 1 atom stereocenters. The van der Waals surface area contributed by atoms with Crippen molar-refractivity contribution in [1.82, 2.24) is 9.97 Å². The van der Waals surface area contributed by atoms with Gasteiger partial charge >= 0.3 is 5.97 Å². The first-order valence-electron chi connectivity index (χ1n) is 11.4. The number of halogens is 1. The molecule has 0 saturated carbocycles. The van der Waals surface area contributed by atoms with Gasteiger partial charge in [0.1, 0.15) is 5.82 Å². The fourth-order valence-electron chi connectivity index (χ4n) is 3.63. The van der Waals surface area contributed by atoms with Crippen LogP contribution in [0, 0.1) is 5.82 Å². The normalized spacial score (nSPS) is 11.5. The third-order valence-electron chi connectivity index (χ3n) is 5.71. The van der Waals surface area contributed by atoms with Crippen LogP contribution in [0.2, 0.25) is 0 Å². The number of pyridine rings is 2. The van der Waals surface area contributed by atoms with Crippen molar-refractivity contribution in [3.05, 3.63) is 103 Å². The molecule has 35 heavy (non-hydrogen) atoms. The zero-order valence-corrected chi connectivity index (χ0v) is 19.6. The highest BCUT2D eigenvalue weighted by Crippen LogP contribution is 2.30. The maximum Gasteiger partial charge on any atom is 0.335 e. The summed E-state index contributed by atoms with van der Waals surface area (Å²) in [6.07, 6.45) is 2.71. The van der Waals surface area contributed by atoms with Crippen LogP contribution in [0.5, 0.6) is 0 Å². The van der Waals surface area contributed by atoms with Crippen molar-refractivity contribution < 1.29 is 14.3 Å². The molecule has 0 aliphatic heterocycles. The molecule has 2 heterocycles. The van der Waals surface area contributed by atoms with Gasteiger partial charge in [-0.25, -0.2) is 14.2 Å². The fourth-order valence-corrected chi connectivity index (χ4v) is 3.63. The van der Waals surface area contributed by atoms with E-state index < -0.39 is 5.97 Å². The van der Waals surface area contributed by atoms with Crippen molar-refractivity contribution in [2.45, 2.75) is 26.3 Å². The number of rotatable bonds is 5. The number of benzene rings is 3. The van der Waals surface area contributed by atoms with Crippen LogP contribution in [0.1, 0.15) is 30.6 Å². The SMILES string of the molecule is CCC(C)Nc1cc2ccccc2nc1-c1ccc(F)cc1.O=C(O)c1ccc2ncccc2c1. The molecule has 0 bridgehead atoms. The van der Waals surface area contributed by atoms with Gasteiger partial charge in [-0.2, -0.15) is 0 Å². The molecule has 0 aliphatic carbocycles. The molecule has 0 radical (unpaired) electrons. The molecular weight excluding hydrogens is 441 g/mol. The minimum absolute atomic E-state index is 0.235. The van der Waals surface area contributed by atoms with Crippen LogP contribution in [0.4, 0.5) is 10.1 Å². The van der Waals surface area contributed by atoms with Crippen LogP contribution in [0.15, 0.2) is 91.1 Å². The average Bonchev–Trinajstić information content (AvgIpc) is 2.88. The molecular formula is C29H26FN3O2. The first-order chi connectivity index (χ1) is 16.9. The van der Waals surface area contributed by atoms with Crippen molar-refractivity contribution in [2.75, 3.05) is 5.32 Å². The summed E-state index contributed by atoms with van der Waals surface area (Å²) < 4.78 is 13.2. The smallest absolute Gasteiger partial charge is 0.335 e. The summed E-state index contributed by atoms with van der Waals surface area (Å²) in [5.74, 6) is -1.15. The van der Waals surface area contributed by atoms with Crippen LogP contribution in [0.25, 0.3) is 33.1 Å². The van der Waals surface area contributed by atoms with Crippen molar-refractivity contribution in [3.63, 3.8) is 0 Å². The predicted octanol–water partition coefficient (Wildman–Crippen LogP) is 7.18. The van der Waals surface area contributed by atoms with Gasteiger partial charge in [0.05, 0.1) is 28.0 Å². The molecule has 5 aromatic rings. The van der Waals surface area contributed by atoms with Gasteiger partial charge in [0.2, 0.25) is 0 Å². The van der Waals surface area contributed by atoms with Crippen molar-refractivity contribution in [1.29, 1.82) is 0 Å². The second-order valence-electron chi connectivity index (χ2n) is 8.25. The minimum atomic E-state index is -0.911. The summed E-state index contributed by atoms with van der Waals surface area (Å²) in [7, 11) is 0. The number of hydrogen-bond acceptors (Lipinski definition) is 4. The number of anilines is 1. The Bertz CT molecular complexity index is 1470. The third-order valence-corrected chi connectivity index (χ3v) is 5.71. The van der Waals surface area contributed by atoms with Gasteiger partial charge in [0, 0.05) is 28.6 Å². The van der Waals surface area contributed by atoms with Crippen molar-refractivity contribution in [2.24, 2.45) is 0 Å². The Morgan fingerprint density at radius 1 is 0.943 bits per heavy atom. The number of aromatic carboxylic acids is 1. The van der Waals surface area contributed by atoms with Gasteiger partial charge in [-0.05, 0) is 74.0 Å². The highest BCUT2D eigenvalue weighted by molar-refractivity contribution is 5.93. The van der Waals surface area contributed by atoms with Crippen molar-refractivity contribution >= 4 is 33.5 Å². The monoisotopic (exact) mass is 467 g/mol. The summed E-state index contributed by atoms with van der Waals surface area (Å²) in [4.78, 5) is 19.5. The average molecular weight is 468 g/mol. The highest BCUT2D eigenvalue weighted by Gasteiger charge is 2.11. The Morgan fingerprint density at radius 3 is 2.40 bits per heavy atom. The Kier molecular flexibility index (Phi) is 7.31. The summed E-state index contributed by atoms with van der Waals surface area (Å²) in [6.45, 7) is 4.29. The topological polar surface area (TPSA) is 75.1 Å². The Morgan fingerprint density at radius 2 is 1.66 bits per heavy atom. The molecule has 5 rings (SSSR count). The molecule has 176 valence electrons. The van der Waals surface area contributed by atoms with Crippen LogP contribution in [-0.2, 0) is 0 Å². The lowest BCUT2D eigenvalue weighted by Crippen LogP contribution is -2.14. The molecule has 3 aromatic carbocycles. The van der Waals surface area contributed by atoms with Gasteiger partial charge in [0.15, 0.2) is 0 Å². The van der Waals surface area contributed by atoms with Crippen LogP contribution in [-0.4, -0.2) is 27.1 Å². The van der Waals surface area contributed by atoms with E-state index >= 15 is 0 Å². The molecule has 1 unspecified atom stereocenters. The zero-order chi connectivity index (χ0) is 24.8. The number of nitrogens with zero attached hydrogens (tertiary/aromatic N) is 2. The summed E-state index contributed by atoms with van der Waals surface area (Å²) in [5.41, 5.74) is 4.81. The standard InChI is InChI=1S/C19H19FN2.C10H7NO2/c1-3-13(2)21-18-12-15-6-4-5-7-17(15)22-19(18)14-8-10-16(20)11-9-14;12-10(13)8-3-4-9-7(6-8)2-1-5-11-9/h4-13,21H,3H2,1-2H3;1-6H,(H,12,13). The van der Waals surface area contributed by atoms with Gasteiger partial charge in [-0.15, -0.1) is 0 Å². The van der Waals surface area contributed by atoms with E-state index in [9.17, 15) is 9.18 Å². The Labute approximate surface area is 203 Å². The minimum Gasteiger partial charge on any atom is -0.478 e. The number of hydrogen-bond donors (Lipinski definition) is 2. The van der Waals surface area contributed by atoms with Gasteiger partial charge in [-0.1, -0.05) is 31.2 Å². The number of fused-ring (bicyclic) bond motifs is 2. The molecule has 0 aliphatic rings. The molecule has 5 nitrogen and oxygen atoms in total. The second kappa shape index (κ2) is 10.7. The Hall–Kier alpha value is -4.32. The predicted molar refractivity (Wildman–Crippen MR) is 139 cm³/mol. The number of carbonyl (C=O) groups is 1.